The summed E-state index contributed by atoms with van der Waals surface area (Å²) in [6.45, 7) is 4.04. The number of carboxylic acids is 1. The molecule has 4 aromatic rings. The van der Waals surface area contributed by atoms with E-state index in [2.05, 4.69) is 20.0 Å². The number of rotatable bonds is 13. The topological polar surface area (TPSA) is 103 Å². The highest BCUT2D eigenvalue weighted by atomic mass is 19.4. The van der Waals surface area contributed by atoms with Crippen LogP contribution in [0.5, 0.6) is 11.6 Å². The van der Waals surface area contributed by atoms with E-state index in [1.807, 2.05) is 6.07 Å². The molecule has 0 saturated heterocycles. The molecule has 0 aliphatic heterocycles. The number of fused-ring (bicyclic) bond motifs is 3. The van der Waals surface area contributed by atoms with Crippen LogP contribution in [-0.4, -0.2) is 53.8 Å². The van der Waals surface area contributed by atoms with Crippen LogP contribution in [0.3, 0.4) is 0 Å². The van der Waals surface area contributed by atoms with E-state index in [1.165, 1.54) is 18.2 Å². The number of halogens is 3. The molecule has 2 N–H and O–H groups in total. The lowest BCUT2D eigenvalue weighted by Gasteiger charge is -2.13. The van der Waals surface area contributed by atoms with E-state index in [1.54, 1.807) is 37.5 Å². The molecule has 11 heteroatoms. The molecule has 2 aromatic heterocycles. The van der Waals surface area contributed by atoms with Crippen LogP contribution in [0.4, 0.5) is 13.2 Å². The van der Waals surface area contributed by atoms with Gasteiger partial charge in [-0.15, -0.1) is 13.2 Å². The van der Waals surface area contributed by atoms with Gasteiger partial charge in [-0.2, -0.15) is 0 Å². The molecule has 0 radical (unpaired) electrons. The van der Waals surface area contributed by atoms with E-state index in [0.29, 0.717) is 36.7 Å². The summed E-state index contributed by atoms with van der Waals surface area (Å²) in [5.41, 5.74) is 1.96. The van der Waals surface area contributed by atoms with E-state index in [-0.39, 0.29) is 17.9 Å². The number of nitrogens with one attached hydrogen (secondary N) is 1. The van der Waals surface area contributed by atoms with Crippen LogP contribution in [-0.2, 0) is 11.3 Å². The molecular formula is C28H28F3N3O5. The van der Waals surface area contributed by atoms with Crippen molar-refractivity contribution in [1.29, 1.82) is 0 Å². The average molecular weight is 544 g/mol. The van der Waals surface area contributed by atoms with Gasteiger partial charge in [0.2, 0.25) is 5.88 Å². The Kier molecular flexibility index (Phi) is 9.15. The van der Waals surface area contributed by atoms with Gasteiger partial charge in [0.1, 0.15) is 12.4 Å². The smallest absolute Gasteiger partial charge is 0.478 e. The summed E-state index contributed by atoms with van der Waals surface area (Å²) >= 11 is 0. The third kappa shape index (κ3) is 7.78. The van der Waals surface area contributed by atoms with Crippen LogP contribution >= 0.6 is 0 Å². The van der Waals surface area contributed by atoms with Crippen molar-refractivity contribution in [3.8, 4) is 11.6 Å². The summed E-state index contributed by atoms with van der Waals surface area (Å²) in [4.78, 5) is 20.1. The Labute approximate surface area is 222 Å². The molecule has 0 aliphatic rings. The highest BCUT2D eigenvalue weighted by molar-refractivity contribution is 6.08. The number of alkyl halides is 3. The van der Waals surface area contributed by atoms with E-state index < -0.39 is 12.3 Å². The molecule has 4 rings (SSSR count). The maximum absolute atomic E-state index is 12.4. The number of hydrogen-bond acceptors (Lipinski definition) is 7. The number of pyridine rings is 2. The second-order valence-corrected chi connectivity index (χ2v) is 8.87. The van der Waals surface area contributed by atoms with Gasteiger partial charge in [-0.1, -0.05) is 18.2 Å². The highest BCUT2D eigenvalue weighted by Gasteiger charge is 2.31. The Morgan fingerprint density at radius 2 is 1.85 bits per heavy atom. The normalized spacial score (nSPS) is 11.7. The maximum Gasteiger partial charge on any atom is 0.573 e. The number of carbonyl (C=O) groups is 1. The molecule has 206 valence electrons. The number of aryl methyl sites for hydroxylation is 1. The number of aromatic carboxylic acids is 1. The van der Waals surface area contributed by atoms with Gasteiger partial charge >= 0.3 is 12.3 Å². The van der Waals surface area contributed by atoms with Crippen molar-refractivity contribution in [3.05, 3.63) is 71.5 Å². The maximum atomic E-state index is 12.4. The Hall–Kier alpha value is -3.96. The molecule has 2 heterocycles. The summed E-state index contributed by atoms with van der Waals surface area (Å²) in [7, 11) is 0. The molecule has 0 bridgehead atoms. The fraction of sp³-hybridized carbons (Fsp3) is 0.321. The fourth-order valence-electron chi connectivity index (χ4n) is 4.11. The first-order valence-corrected chi connectivity index (χ1v) is 12.4. The monoisotopic (exact) mass is 543 g/mol. The number of ether oxygens (including phenoxy) is 3. The summed E-state index contributed by atoms with van der Waals surface area (Å²) in [6.07, 6.45) is 0.343. The number of unbranched alkanes of at least 4 members (excludes halogenated alkanes) is 1. The summed E-state index contributed by atoms with van der Waals surface area (Å²) in [6, 6.07) is 11.2. The Morgan fingerprint density at radius 1 is 1.00 bits per heavy atom. The minimum absolute atomic E-state index is 0.144. The Morgan fingerprint density at radius 3 is 2.62 bits per heavy atom. The van der Waals surface area contributed by atoms with Gasteiger partial charge in [0, 0.05) is 41.7 Å². The van der Waals surface area contributed by atoms with Crippen LogP contribution in [0.1, 0.15) is 34.3 Å². The predicted molar refractivity (Wildman–Crippen MR) is 139 cm³/mol. The number of hydrogen-bond donors (Lipinski definition) is 2. The quantitative estimate of drug-likeness (QED) is 0.165. The van der Waals surface area contributed by atoms with E-state index in [0.717, 1.165) is 41.1 Å². The van der Waals surface area contributed by atoms with Crippen molar-refractivity contribution < 1.29 is 37.3 Å². The third-order valence-electron chi connectivity index (χ3n) is 5.96. The second-order valence-electron chi connectivity index (χ2n) is 8.87. The minimum Gasteiger partial charge on any atom is -0.478 e. The van der Waals surface area contributed by atoms with Gasteiger partial charge in [-0.05, 0) is 61.7 Å². The molecule has 39 heavy (non-hydrogen) atoms. The number of aromatic nitrogens is 2. The lowest BCUT2D eigenvalue weighted by molar-refractivity contribution is -0.274. The largest absolute Gasteiger partial charge is 0.573 e. The molecule has 0 spiro atoms. The number of nitrogens with zero attached hydrogens (tertiary/aromatic N) is 2. The molecule has 0 saturated carbocycles. The van der Waals surface area contributed by atoms with Gasteiger partial charge in [0.05, 0.1) is 17.7 Å². The molecule has 0 unspecified atom stereocenters. The van der Waals surface area contributed by atoms with E-state index in [4.69, 9.17) is 9.47 Å². The van der Waals surface area contributed by atoms with E-state index in [9.17, 15) is 23.1 Å². The van der Waals surface area contributed by atoms with Gasteiger partial charge in [-0.25, -0.2) is 9.78 Å². The molecular weight excluding hydrogens is 515 g/mol. The van der Waals surface area contributed by atoms with Crippen molar-refractivity contribution in [2.24, 2.45) is 0 Å². The van der Waals surface area contributed by atoms with Crippen LogP contribution in [0.2, 0.25) is 0 Å². The highest BCUT2D eigenvalue weighted by Crippen LogP contribution is 2.31. The molecule has 0 atom stereocenters. The molecule has 8 nitrogen and oxygen atoms in total. The van der Waals surface area contributed by atoms with Gasteiger partial charge in [0.15, 0.2) is 0 Å². The second kappa shape index (κ2) is 12.7. The van der Waals surface area contributed by atoms with Crippen molar-refractivity contribution in [2.45, 2.75) is 32.7 Å². The number of benzene rings is 2. The van der Waals surface area contributed by atoms with Crippen molar-refractivity contribution >= 4 is 27.6 Å². The van der Waals surface area contributed by atoms with Crippen molar-refractivity contribution in [1.82, 2.24) is 15.3 Å². The SMILES string of the molecule is Cc1cc(CNCCCCOCCOc2nc3cc(C(=O)O)ccc3c3cnccc23)ccc1OC(F)(F)F. The molecule has 0 fully saturated rings. The fourth-order valence-corrected chi connectivity index (χ4v) is 4.11. The minimum atomic E-state index is -4.70. The predicted octanol–water partition coefficient (Wildman–Crippen LogP) is 5.65. The first kappa shape index (κ1) is 28.1. The van der Waals surface area contributed by atoms with E-state index >= 15 is 0 Å². The lowest BCUT2D eigenvalue weighted by atomic mass is 10.1. The Balaban J connectivity index is 1.17. The summed E-state index contributed by atoms with van der Waals surface area (Å²) in [5, 5.41) is 15.0. The summed E-state index contributed by atoms with van der Waals surface area (Å²) < 4.78 is 52.7. The first-order valence-electron chi connectivity index (χ1n) is 12.4. The van der Waals surface area contributed by atoms with Crippen LogP contribution < -0.4 is 14.8 Å². The third-order valence-corrected chi connectivity index (χ3v) is 5.96. The van der Waals surface area contributed by atoms with Crippen molar-refractivity contribution in [3.63, 3.8) is 0 Å². The van der Waals surface area contributed by atoms with Crippen LogP contribution in [0.15, 0.2) is 54.9 Å². The standard InChI is InChI=1S/C28H28F3N3O5/c1-18-14-19(4-7-25(18)39-28(29,30)31)16-32-9-2-3-11-37-12-13-38-26-22-8-10-33-17-23(22)21-6-5-20(27(35)36)15-24(21)34-26/h4-8,10,14-15,17,32H,2-3,9,11-13,16H2,1H3,(H,35,36). The van der Waals surface area contributed by atoms with Crippen LogP contribution in [0.25, 0.3) is 21.7 Å². The molecule has 2 aromatic carbocycles. The number of carboxylic acid groups (broad SMARTS) is 1. The van der Waals surface area contributed by atoms with Gasteiger partial charge in [0.25, 0.3) is 0 Å². The lowest BCUT2D eigenvalue weighted by Crippen LogP contribution is -2.18. The zero-order chi connectivity index (χ0) is 27.8. The average Bonchev–Trinajstić information content (AvgIpc) is 2.90. The Bertz CT molecular complexity index is 1450. The zero-order valence-electron chi connectivity index (χ0n) is 21.3. The molecule has 0 amide bonds. The molecule has 0 aliphatic carbocycles. The van der Waals surface area contributed by atoms with Crippen LogP contribution in [0, 0.1) is 6.92 Å². The first-order chi connectivity index (χ1) is 18.7. The summed E-state index contributed by atoms with van der Waals surface area (Å²) in [5.74, 6) is -0.829. The van der Waals surface area contributed by atoms with Crippen molar-refractivity contribution in [2.75, 3.05) is 26.4 Å². The van der Waals surface area contributed by atoms with Gasteiger partial charge in [-0.3, -0.25) is 4.98 Å². The zero-order valence-corrected chi connectivity index (χ0v) is 21.3. The van der Waals surface area contributed by atoms with Gasteiger partial charge < -0.3 is 24.6 Å².